The monoisotopic (exact) mass is 396 g/mol. The minimum atomic E-state index is 0.0254. The molecule has 4 heterocycles. The van der Waals surface area contributed by atoms with Gasteiger partial charge in [0.25, 0.3) is 5.91 Å². The number of rotatable bonds is 4. The molecule has 3 aliphatic rings. The van der Waals surface area contributed by atoms with Crippen molar-refractivity contribution in [2.24, 2.45) is 5.92 Å². The van der Waals surface area contributed by atoms with E-state index >= 15 is 0 Å². The third-order valence-electron chi connectivity index (χ3n) is 6.04. The molecule has 1 aromatic heterocycles. The van der Waals surface area contributed by atoms with Crippen LogP contribution in [0.1, 0.15) is 23.2 Å². The van der Waals surface area contributed by atoms with Crippen molar-refractivity contribution in [2.45, 2.75) is 18.9 Å². The number of pyridine rings is 1. The Morgan fingerprint density at radius 2 is 1.97 bits per heavy atom. The molecule has 0 radical (unpaired) electrons. The molecule has 3 saturated heterocycles. The topological polar surface area (TPSA) is 66.0 Å². The Labute approximate surface area is 171 Å². The summed E-state index contributed by atoms with van der Waals surface area (Å²) in [5.74, 6) is 0.972. The molecular weight excluding hydrogens is 368 g/mol. The molecule has 2 atom stereocenters. The predicted octanol–water partition coefficient (Wildman–Crippen LogP) is 1.87. The van der Waals surface area contributed by atoms with Gasteiger partial charge >= 0.3 is 0 Å². The van der Waals surface area contributed by atoms with Gasteiger partial charge < -0.3 is 14.5 Å². The van der Waals surface area contributed by atoms with Crippen LogP contribution in [0.3, 0.4) is 0 Å². The van der Waals surface area contributed by atoms with Gasteiger partial charge in [-0.05, 0) is 24.8 Å². The zero-order valence-corrected chi connectivity index (χ0v) is 17.3. The molecule has 0 saturated carbocycles. The molecule has 1 aromatic carbocycles. The maximum atomic E-state index is 13.6. The summed E-state index contributed by atoms with van der Waals surface area (Å²) in [5.41, 5.74) is 1.39. The first-order chi connectivity index (χ1) is 14.0. The van der Waals surface area contributed by atoms with E-state index in [1.807, 2.05) is 29.2 Å². The van der Waals surface area contributed by atoms with Crippen LogP contribution in [-0.2, 0) is 4.79 Å². The number of likely N-dealkylation sites (N-methyl/N-ethyl adjacent to an activating group) is 1. The second kappa shape index (κ2) is 7.99. The molecule has 154 valence electrons. The standard InChI is InChI=1S/C22H28N4O3/c1-24(2)21(27)14-25-11-15-8-9-16(13-25)26(12-15)22(28)18-10-20(29-3)23-19-7-5-4-6-17(18)19/h4-7,10,15-16H,8-9,11-14H2,1-3H3/t15-,16+/m0/s1. The maximum Gasteiger partial charge on any atom is 0.255 e. The average Bonchev–Trinajstić information content (AvgIpc) is 3.02. The fraction of sp³-hybridized carbons (Fsp3) is 0.500. The SMILES string of the molecule is COc1cc(C(=O)N2C[C@H]3CC[C@@H]2CN(CC(=O)N(C)C)C3)c2ccccc2n1. The van der Waals surface area contributed by atoms with Crippen molar-refractivity contribution in [3.8, 4) is 5.88 Å². The van der Waals surface area contributed by atoms with E-state index < -0.39 is 0 Å². The summed E-state index contributed by atoms with van der Waals surface area (Å²) in [6.45, 7) is 2.74. The number of hydrogen-bond donors (Lipinski definition) is 0. The highest BCUT2D eigenvalue weighted by Gasteiger charge is 2.38. The number of carbonyl (C=O) groups is 2. The first-order valence-corrected chi connectivity index (χ1v) is 10.1. The summed E-state index contributed by atoms with van der Waals surface area (Å²) >= 11 is 0. The Morgan fingerprint density at radius 1 is 1.17 bits per heavy atom. The van der Waals surface area contributed by atoms with Gasteiger partial charge in [0.15, 0.2) is 0 Å². The summed E-state index contributed by atoms with van der Waals surface area (Å²) in [5, 5.41) is 0.845. The average molecular weight is 396 g/mol. The lowest BCUT2D eigenvalue weighted by molar-refractivity contribution is -0.129. The number of carbonyl (C=O) groups excluding carboxylic acids is 2. The molecule has 0 aliphatic carbocycles. The number of amides is 2. The van der Waals surface area contributed by atoms with Crippen LogP contribution in [-0.4, -0.2) is 84.9 Å². The number of benzene rings is 1. The Bertz CT molecular complexity index is 929. The number of nitrogens with zero attached hydrogens (tertiary/aromatic N) is 4. The van der Waals surface area contributed by atoms with Crippen LogP contribution in [0.4, 0.5) is 0 Å². The number of ether oxygens (including phenoxy) is 1. The lowest BCUT2D eigenvalue weighted by Crippen LogP contribution is -2.48. The van der Waals surface area contributed by atoms with Gasteiger partial charge in [0.2, 0.25) is 11.8 Å². The number of fused-ring (bicyclic) bond motifs is 5. The van der Waals surface area contributed by atoms with E-state index in [1.54, 1.807) is 32.2 Å². The molecule has 0 unspecified atom stereocenters. The van der Waals surface area contributed by atoms with Crippen LogP contribution in [0.15, 0.2) is 30.3 Å². The van der Waals surface area contributed by atoms with Gasteiger partial charge in [-0.15, -0.1) is 0 Å². The minimum absolute atomic E-state index is 0.0254. The first-order valence-electron chi connectivity index (χ1n) is 10.1. The zero-order valence-electron chi connectivity index (χ0n) is 17.3. The van der Waals surface area contributed by atoms with E-state index in [1.165, 1.54) is 0 Å². The quantitative estimate of drug-likeness (QED) is 0.789. The molecule has 3 aliphatic heterocycles. The molecule has 7 nitrogen and oxygen atoms in total. The highest BCUT2D eigenvalue weighted by molar-refractivity contribution is 6.06. The van der Waals surface area contributed by atoms with E-state index in [2.05, 4.69) is 9.88 Å². The number of piperidine rings is 1. The largest absolute Gasteiger partial charge is 0.481 e. The lowest BCUT2D eigenvalue weighted by Gasteiger charge is -2.36. The molecule has 7 heteroatoms. The fourth-order valence-electron chi connectivity index (χ4n) is 4.48. The third kappa shape index (κ3) is 3.92. The van der Waals surface area contributed by atoms with Crippen molar-refractivity contribution in [3.63, 3.8) is 0 Å². The van der Waals surface area contributed by atoms with Crippen molar-refractivity contribution >= 4 is 22.7 Å². The summed E-state index contributed by atoms with van der Waals surface area (Å²) in [6, 6.07) is 9.54. The van der Waals surface area contributed by atoms with Crippen LogP contribution in [0, 0.1) is 5.92 Å². The molecule has 0 N–H and O–H groups in total. The molecule has 0 spiro atoms. The second-order valence-corrected chi connectivity index (χ2v) is 8.27. The second-order valence-electron chi connectivity index (χ2n) is 8.27. The number of methoxy groups -OCH3 is 1. The van der Waals surface area contributed by atoms with E-state index in [9.17, 15) is 9.59 Å². The van der Waals surface area contributed by atoms with Crippen LogP contribution >= 0.6 is 0 Å². The predicted molar refractivity (Wildman–Crippen MR) is 111 cm³/mol. The van der Waals surface area contributed by atoms with Gasteiger partial charge in [0.05, 0.1) is 24.7 Å². The zero-order chi connectivity index (χ0) is 20.5. The molecular formula is C22H28N4O3. The van der Waals surface area contributed by atoms with Crippen LogP contribution in [0.25, 0.3) is 10.9 Å². The smallest absolute Gasteiger partial charge is 0.255 e. The van der Waals surface area contributed by atoms with Crippen molar-refractivity contribution < 1.29 is 14.3 Å². The number of hydrogen-bond acceptors (Lipinski definition) is 5. The summed E-state index contributed by atoms with van der Waals surface area (Å²) in [6.07, 6.45) is 2.07. The number of para-hydroxylation sites is 1. The Balaban J connectivity index is 1.62. The Hall–Kier alpha value is -2.67. The van der Waals surface area contributed by atoms with E-state index in [4.69, 9.17) is 4.74 Å². The molecule has 2 aromatic rings. The van der Waals surface area contributed by atoms with Gasteiger partial charge in [-0.2, -0.15) is 0 Å². The van der Waals surface area contributed by atoms with E-state index in [0.29, 0.717) is 23.9 Å². The summed E-state index contributed by atoms with van der Waals surface area (Å²) in [4.78, 5) is 36.1. The minimum Gasteiger partial charge on any atom is -0.481 e. The molecule has 5 rings (SSSR count). The van der Waals surface area contributed by atoms with Gasteiger partial charge in [-0.25, -0.2) is 4.98 Å². The van der Waals surface area contributed by atoms with Crippen molar-refractivity contribution in [3.05, 3.63) is 35.9 Å². The number of aromatic nitrogens is 1. The Morgan fingerprint density at radius 3 is 2.72 bits per heavy atom. The highest BCUT2D eigenvalue weighted by Crippen LogP contribution is 2.31. The van der Waals surface area contributed by atoms with Crippen molar-refractivity contribution in [2.75, 3.05) is 47.4 Å². The molecule has 2 amide bonds. The van der Waals surface area contributed by atoms with Gasteiger partial charge in [0.1, 0.15) is 0 Å². The first kappa shape index (κ1) is 19.6. The molecule has 29 heavy (non-hydrogen) atoms. The van der Waals surface area contributed by atoms with E-state index in [-0.39, 0.29) is 17.9 Å². The highest BCUT2D eigenvalue weighted by atomic mass is 16.5. The third-order valence-corrected chi connectivity index (χ3v) is 6.04. The van der Waals surface area contributed by atoms with Crippen LogP contribution < -0.4 is 4.74 Å². The summed E-state index contributed by atoms with van der Waals surface area (Å²) in [7, 11) is 5.14. The normalized spacial score (nSPS) is 21.8. The van der Waals surface area contributed by atoms with E-state index in [0.717, 1.165) is 43.4 Å². The fourth-order valence-corrected chi connectivity index (χ4v) is 4.48. The lowest BCUT2D eigenvalue weighted by atomic mass is 9.94. The Kier molecular flexibility index (Phi) is 5.41. The maximum absolute atomic E-state index is 13.6. The molecule has 3 fully saturated rings. The van der Waals surface area contributed by atoms with Gasteiger partial charge in [-0.1, -0.05) is 18.2 Å². The van der Waals surface area contributed by atoms with Gasteiger partial charge in [0, 0.05) is 51.2 Å². The van der Waals surface area contributed by atoms with Crippen LogP contribution in [0.2, 0.25) is 0 Å². The van der Waals surface area contributed by atoms with Crippen molar-refractivity contribution in [1.82, 2.24) is 19.7 Å². The summed E-state index contributed by atoms with van der Waals surface area (Å²) < 4.78 is 5.34. The van der Waals surface area contributed by atoms with Gasteiger partial charge in [-0.3, -0.25) is 14.5 Å². The van der Waals surface area contributed by atoms with Crippen LogP contribution in [0.5, 0.6) is 5.88 Å². The van der Waals surface area contributed by atoms with Crippen molar-refractivity contribution in [1.29, 1.82) is 0 Å². The molecule has 2 bridgehead atoms.